The Morgan fingerprint density at radius 2 is 1.83 bits per heavy atom. The molecular weight excluding hydrogens is 284 g/mol. The van der Waals surface area contributed by atoms with E-state index in [1.165, 1.54) is 22.2 Å². The normalized spacial score (nSPS) is 10.9. The van der Waals surface area contributed by atoms with Gasteiger partial charge < -0.3 is 10.3 Å². The predicted molar refractivity (Wildman–Crippen MR) is 95.0 cm³/mol. The number of rotatable bonds is 4. The van der Waals surface area contributed by atoms with Gasteiger partial charge in [-0.1, -0.05) is 29.3 Å². The van der Waals surface area contributed by atoms with E-state index >= 15 is 0 Å². The monoisotopic (exact) mass is 306 g/mol. The van der Waals surface area contributed by atoms with Gasteiger partial charge in [-0.15, -0.1) is 0 Å². The summed E-state index contributed by atoms with van der Waals surface area (Å²) in [4.78, 5) is 15.6. The number of benzene rings is 2. The van der Waals surface area contributed by atoms with Crippen LogP contribution in [-0.2, 0) is 6.42 Å². The number of carbonyl (C=O) groups excluding carboxylic acids is 1. The van der Waals surface area contributed by atoms with Gasteiger partial charge in [0.15, 0.2) is 0 Å². The van der Waals surface area contributed by atoms with Crippen LogP contribution in [0.1, 0.15) is 32.7 Å². The number of hydrogen-bond acceptors (Lipinski definition) is 1. The number of aromatic nitrogens is 1. The molecular formula is C20H22N2O. The molecule has 23 heavy (non-hydrogen) atoms. The maximum absolute atomic E-state index is 12.2. The third-order valence-electron chi connectivity index (χ3n) is 4.22. The quantitative estimate of drug-likeness (QED) is 0.750. The molecule has 3 aromatic rings. The fourth-order valence-corrected chi connectivity index (χ4v) is 3.01. The van der Waals surface area contributed by atoms with Crippen molar-refractivity contribution in [3.05, 3.63) is 70.4 Å². The molecule has 0 aliphatic heterocycles. The van der Waals surface area contributed by atoms with E-state index < -0.39 is 0 Å². The summed E-state index contributed by atoms with van der Waals surface area (Å²) in [5.41, 5.74) is 6.69. The van der Waals surface area contributed by atoms with Gasteiger partial charge in [0.2, 0.25) is 0 Å². The van der Waals surface area contributed by atoms with Crippen LogP contribution in [0.25, 0.3) is 10.9 Å². The van der Waals surface area contributed by atoms with E-state index in [1.54, 1.807) is 0 Å². The van der Waals surface area contributed by atoms with Crippen molar-refractivity contribution in [2.45, 2.75) is 27.2 Å². The van der Waals surface area contributed by atoms with E-state index in [1.807, 2.05) is 31.2 Å². The lowest BCUT2D eigenvalue weighted by atomic mass is 10.1. The summed E-state index contributed by atoms with van der Waals surface area (Å²) in [7, 11) is 0. The summed E-state index contributed by atoms with van der Waals surface area (Å²) in [5.74, 6) is -0.0117. The molecule has 3 rings (SSSR count). The second-order valence-corrected chi connectivity index (χ2v) is 6.15. The van der Waals surface area contributed by atoms with E-state index in [-0.39, 0.29) is 5.91 Å². The summed E-state index contributed by atoms with van der Waals surface area (Å²) in [6.45, 7) is 6.82. The summed E-state index contributed by atoms with van der Waals surface area (Å²) in [5, 5.41) is 4.27. The number of amides is 1. The number of fused-ring (bicyclic) bond motifs is 1. The van der Waals surface area contributed by atoms with Crippen molar-refractivity contribution in [1.29, 1.82) is 0 Å². The summed E-state index contributed by atoms with van der Waals surface area (Å²) >= 11 is 0. The summed E-state index contributed by atoms with van der Waals surface area (Å²) in [6.07, 6.45) is 0.826. The smallest absolute Gasteiger partial charge is 0.251 e. The molecule has 1 aromatic heterocycles. The molecule has 0 fully saturated rings. The van der Waals surface area contributed by atoms with Gasteiger partial charge in [0.05, 0.1) is 0 Å². The van der Waals surface area contributed by atoms with E-state index in [2.05, 4.69) is 42.3 Å². The van der Waals surface area contributed by atoms with Crippen molar-refractivity contribution < 1.29 is 4.79 Å². The Labute approximate surface area is 136 Å². The molecule has 0 radical (unpaired) electrons. The molecule has 0 spiro atoms. The minimum atomic E-state index is -0.0117. The Morgan fingerprint density at radius 3 is 2.61 bits per heavy atom. The molecule has 0 saturated heterocycles. The van der Waals surface area contributed by atoms with Crippen molar-refractivity contribution in [1.82, 2.24) is 10.3 Å². The van der Waals surface area contributed by atoms with Crippen molar-refractivity contribution in [3.8, 4) is 0 Å². The highest BCUT2D eigenvalue weighted by atomic mass is 16.1. The van der Waals surface area contributed by atoms with Crippen LogP contribution in [0.3, 0.4) is 0 Å². The first-order valence-electron chi connectivity index (χ1n) is 7.97. The number of nitrogens with one attached hydrogen (secondary N) is 2. The van der Waals surface area contributed by atoms with E-state index in [0.717, 1.165) is 23.1 Å². The lowest BCUT2D eigenvalue weighted by Crippen LogP contribution is -2.25. The average molecular weight is 306 g/mol. The average Bonchev–Trinajstić information content (AvgIpc) is 2.83. The molecule has 0 atom stereocenters. The van der Waals surface area contributed by atoms with E-state index in [4.69, 9.17) is 0 Å². The molecule has 3 heteroatoms. The fraction of sp³-hybridized carbons (Fsp3) is 0.250. The second-order valence-electron chi connectivity index (χ2n) is 6.15. The lowest BCUT2D eigenvalue weighted by molar-refractivity contribution is 0.0954. The maximum atomic E-state index is 12.2. The first kappa shape index (κ1) is 15.3. The number of carbonyl (C=O) groups is 1. The minimum Gasteiger partial charge on any atom is -0.358 e. The highest BCUT2D eigenvalue weighted by Crippen LogP contribution is 2.23. The third kappa shape index (κ3) is 3.29. The summed E-state index contributed by atoms with van der Waals surface area (Å²) in [6, 6.07) is 14.1. The standard InChI is InChI=1S/C20H22N2O/c1-13-5-4-6-16(11-13)20(23)21-10-9-17-15(3)22-19-8-7-14(2)12-18(17)19/h4-8,11-12,22H,9-10H2,1-3H3,(H,21,23). The Hall–Kier alpha value is -2.55. The number of H-pyrrole nitrogens is 1. The molecule has 0 aliphatic carbocycles. The minimum absolute atomic E-state index is 0.0117. The Kier molecular flexibility index (Phi) is 4.20. The van der Waals surface area contributed by atoms with Crippen LogP contribution in [0.15, 0.2) is 42.5 Å². The molecule has 2 aromatic carbocycles. The van der Waals surface area contributed by atoms with Crippen LogP contribution in [0.4, 0.5) is 0 Å². The second kappa shape index (κ2) is 6.29. The van der Waals surface area contributed by atoms with Crippen LogP contribution in [0.5, 0.6) is 0 Å². The molecule has 2 N–H and O–H groups in total. The van der Waals surface area contributed by atoms with Crippen molar-refractivity contribution in [2.75, 3.05) is 6.54 Å². The lowest BCUT2D eigenvalue weighted by Gasteiger charge is -2.07. The highest BCUT2D eigenvalue weighted by molar-refractivity contribution is 5.94. The SMILES string of the molecule is Cc1cccc(C(=O)NCCc2c(C)[nH]c3ccc(C)cc23)c1. The van der Waals surface area contributed by atoms with Gasteiger partial charge in [0, 0.05) is 28.7 Å². The van der Waals surface area contributed by atoms with E-state index in [0.29, 0.717) is 6.54 Å². The van der Waals surface area contributed by atoms with Crippen molar-refractivity contribution in [2.24, 2.45) is 0 Å². The van der Waals surface area contributed by atoms with Crippen LogP contribution in [0, 0.1) is 20.8 Å². The molecule has 0 saturated carbocycles. The topological polar surface area (TPSA) is 44.9 Å². The van der Waals surface area contributed by atoms with Gasteiger partial charge in [-0.2, -0.15) is 0 Å². The third-order valence-corrected chi connectivity index (χ3v) is 4.22. The Morgan fingerprint density at radius 1 is 1.04 bits per heavy atom. The maximum Gasteiger partial charge on any atom is 0.251 e. The number of aromatic amines is 1. The van der Waals surface area contributed by atoms with Gasteiger partial charge in [-0.05, 0) is 57.0 Å². The van der Waals surface area contributed by atoms with Gasteiger partial charge in [-0.25, -0.2) is 0 Å². The van der Waals surface area contributed by atoms with E-state index in [9.17, 15) is 4.79 Å². The first-order valence-corrected chi connectivity index (χ1v) is 7.97. The molecule has 1 heterocycles. The van der Waals surface area contributed by atoms with Crippen molar-refractivity contribution >= 4 is 16.8 Å². The van der Waals surface area contributed by atoms with Crippen LogP contribution >= 0.6 is 0 Å². The zero-order valence-corrected chi connectivity index (χ0v) is 13.9. The number of hydrogen-bond donors (Lipinski definition) is 2. The first-order chi connectivity index (χ1) is 11.0. The fourth-order valence-electron chi connectivity index (χ4n) is 3.01. The molecule has 1 amide bonds. The largest absolute Gasteiger partial charge is 0.358 e. The molecule has 3 nitrogen and oxygen atoms in total. The van der Waals surface area contributed by atoms with Crippen LogP contribution in [0.2, 0.25) is 0 Å². The molecule has 118 valence electrons. The predicted octanol–water partition coefficient (Wildman–Crippen LogP) is 4.07. The molecule has 0 bridgehead atoms. The van der Waals surface area contributed by atoms with Gasteiger partial charge in [0.1, 0.15) is 0 Å². The summed E-state index contributed by atoms with van der Waals surface area (Å²) < 4.78 is 0. The van der Waals surface area contributed by atoms with Gasteiger partial charge in [-0.3, -0.25) is 4.79 Å². The highest BCUT2D eigenvalue weighted by Gasteiger charge is 2.10. The van der Waals surface area contributed by atoms with Crippen LogP contribution < -0.4 is 5.32 Å². The molecule has 0 aliphatic rings. The number of aryl methyl sites for hydroxylation is 3. The Balaban J connectivity index is 1.70. The van der Waals surface area contributed by atoms with Gasteiger partial charge in [0.25, 0.3) is 5.91 Å². The Bertz CT molecular complexity index is 861. The molecule has 0 unspecified atom stereocenters. The van der Waals surface area contributed by atoms with Crippen LogP contribution in [-0.4, -0.2) is 17.4 Å². The zero-order chi connectivity index (χ0) is 16.4. The van der Waals surface area contributed by atoms with Gasteiger partial charge >= 0.3 is 0 Å². The van der Waals surface area contributed by atoms with Crippen molar-refractivity contribution in [3.63, 3.8) is 0 Å². The zero-order valence-electron chi connectivity index (χ0n) is 13.9.